The zero-order valence-corrected chi connectivity index (χ0v) is 15.7. The SMILES string of the molecule is COCCNC(=O)c1ccc(Nc2ncc(-c3ccc(Cl)cc3)s2)cc1. The summed E-state index contributed by atoms with van der Waals surface area (Å²) >= 11 is 7.48. The first kappa shape index (κ1) is 18.4. The van der Waals surface area contributed by atoms with Crippen LogP contribution < -0.4 is 10.6 Å². The van der Waals surface area contributed by atoms with Crippen molar-refractivity contribution in [2.75, 3.05) is 25.6 Å². The molecule has 7 heteroatoms. The predicted molar refractivity (Wildman–Crippen MR) is 106 cm³/mol. The van der Waals surface area contributed by atoms with Crippen molar-refractivity contribution in [2.24, 2.45) is 0 Å². The molecule has 3 rings (SSSR count). The molecule has 1 aromatic heterocycles. The van der Waals surface area contributed by atoms with Gasteiger partial charge in [-0.05, 0) is 42.0 Å². The molecule has 0 aliphatic rings. The van der Waals surface area contributed by atoms with Crippen molar-refractivity contribution < 1.29 is 9.53 Å². The number of hydrogen-bond acceptors (Lipinski definition) is 5. The third-order valence-corrected chi connectivity index (χ3v) is 4.84. The highest BCUT2D eigenvalue weighted by molar-refractivity contribution is 7.18. The number of nitrogens with zero attached hydrogens (tertiary/aromatic N) is 1. The van der Waals surface area contributed by atoms with Crippen molar-refractivity contribution in [1.29, 1.82) is 0 Å². The number of halogens is 1. The van der Waals surface area contributed by atoms with E-state index in [0.29, 0.717) is 23.7 Å². The number of benzene rings is 2. The van der Waals surface area contributed by atoms with Crippen LogP contribution in [0.3, 0.4) is 0 Å². The first-order valence-corrected chi connectivity index (χ1v) is 9.21. The predicted octanol–water partition coefficient (Wildman–Crippen LogP) is 4.58. The summed E-state index contributed by atoms with van der Waals surface area (Å²) in [6.07, 6.45) is 1.83. The van der Waals surface area contributed by atoms with Crippen LogP contribution in [0.15, 0.2) is 54.7 Å². The number of hydrogen-bond donors (Lipinski definition) is 2. The summed E-state index contributed by atoms with van der Waals surface area (Å²) < 4.78 is 4.92. The third-order valence-electron chi connectivity index (χ3n) is 3.62. The Morgan fingerprint density at radius 3 is 2.58 bits per heavy atom. The highest BCUT2D eigenvalue weighted by Crippen LogP contribution is 2.31. The van der Waals surface area contributed by atoms with Gasteiger partial charge in [0, 0.05) is 36.1 Å². The van der Waals surface area contributed by atoms with Crippen molar-refractivity contribution in [1.82, 2.24) is 10.3 Å². The lowest BCUT2D eigenvalue weighted by molar-refractivity contribution is 0.0937. The van der Waals surface area contributed by atoms with E-state index in [0.717, 1.165) is 21.3 Å². The van der Waals surface area contributed by atoms with Crippen molar-refractivity contribution in [3.05, 3.63) is 65.3 Å². The van der Waals surface area contributed by atoms with Gasteiger partial charge in [0.2, 0.25) is 0 Å². The summed E-state index contributed by atoms with van der Waals surface area (Å²) in [4.78, 5) is 17.4. The Balaban J connectivity index is 1.62. The van der Waals surface area contributed by atoms with E-state index in [1.165, 1.54) is 0 Å². The monoisotopic (exact) mass is 387 g/mol. The number of thiazole rings is 1. The Labute approximate surface area is 161 Å². The minimum Gasteiger partial charge on any atom is -0.383 e. The van der Waals surface area contributed by atoms with E-state index in [1.54, 1.807) is 30.6 Å². The zero-order chi connectivity index (χ0) is 18.4. The van der Waals surface area contributed by atoms with Gasteiger partial charge in [-0.2, -0.15) is 0 Å². The third kappa shape index (κ3) is 4.82. The Bertz CT molecular complexity index is 863. The van der Waals surface area contributed by atoms with E-state index in [2.05, 4.69) is 15.6 Å². The van der Waals surface area contributed by atoms with Gasteiger partial charge in [-0.25, -0.2) is 4.98 Å². The maximum absolute atomic E-state index is 12.0. The quantitative estimate of drug-likeness (QED) is 0.582. The largest absolute Gasteiger partial charge is 0.383 e. The fraction of sp³-hybridized carbons (Fsp3) is 0.158. The Morgan fingerprint density at radius 2 is 1.88 bits per heavy atom. The molecule has 134 valence electrons. The molecule has 1 amide bonds. The second kappa shape index (κ2) is 8.80. The van der Waals surface area contributed by atoms with E-state index in [1.807, 2.05) is 42.6 Å². The highest BCUT2D eigenvalue weighted by atomic mass is 35.5. The van der Waals surface area contributed by atoms with E-state index >= 15 is 0 Å². The molecule has 2 aromatic carbocycles. The van der Waals surface area contributed by atoms with Gasteiger partial charge < -0.3 is 15.4 Å². The number of carbonyl (C=O) groups is 1. The average Bonchev–Trinajstić information content (AvgIpc) is 3.11. The molecular weight excluding hydrogens is 370 g/mol. The number of carbonyl (C=O) groups excluding carboxylic acids is 1. The number of aromatic nitrogens is 1. The van der Waals surface area contributed by atoms with Gasteiger partial charge in [0.15, 0.2) is 5.13 Å². The first-order valence-electron chi connectivity index (χ1n) is 8.02. The van der Waals surface area contributed by atoms with Crippen LogP contribution in [-0.2, 0) is 4.74 Å². The van der Waals surface area contributed by atoms with Gasteiger partial charge in [0.25, 0.3) is 5.91 Å². The van der Waals surface area contributed by atoms with Gasteiger partial charge in [-0.15, -0.1) is 0 Å². The summed E-state index contributed by atoms with van der Waals surface area (Å²) in [5.41, 5.74) is 2.55. The molecule has 3 aromatic rings. The summed E-state index contributed by atoms with van der Waals surface area (Å²) in [5.74, 6) is -0.118. The molecule has 0 radical (unpaired) electrons. The molecule has 0 aliphatic carbocycles. The van der Waals surface area contributed by atoms with Crippen LogP contribution in [0.4, 0.5) is 10.8 Å². The second-order valence-corrected chi connectivity index (χ2v) is 6.95. The van der Waals surface area contributed by atoms with E-state index in [4.69, 9.17) is 16.3 Å². The number of methoxy groups -OCH3 is 1. The number of anilines is 2. The molecule has 0 bridgehead atoms. The number of nitrogens with one attached hydrogen (secondary N) is 2. The summed E-state index contributed by atoms with van der Waals surface area (Å²) in [5, 5.41) is 7.54. The summed E-state index contributed by atoms with van der Waals surface area (Å²) in [6, 6.07) is 14.9. The molecule has 0 fully saturated rings. The van der Waals surface area contributed by atoms with Crippen molar-refractivity contribution in [3.8, 4) is 10.4 Å². The van der Waals surface area contributed by atoms with Gasteiger partial charge in [-0.1, -0.05) is 35.1 Å². The maximum Gasteiger partial charge on any atom is 0.251 e. The molecule has 5 nitrogen and oxygen atoms in total. The number of ether oxygens (including phenoxy) is 1. The molecule has 2 N–H and O–H groups in total. The van der Waals surface area contributed by atoms with Gasteiger partial charge in [-0.3, -0.25) is 4.79 Å². The normalized spacial score (nSPS) is 10.5. The fourth-order valence-corrected chi connectivity index (χ4v) is 3.24. The van der Waals surface area contributed by atoms with Crippen LogP contribution >= 0.6 is 22.9 Å². The Morgan fingerprint density at radius 1 is 1.15 bits per heavy atom. The number of amides is 1. The van der Waals surface area contributed by atoms with Crippen LogP contribution in [0.1, 0.15) is 10.4 Å². The smallest absolute Gasteiger partial charge is 0.251 e. The Kier molecular flexibility index (Phi) is 6.22. The minimum absolute atomic E-state index is 0.118. The van der Waals surface area contributed by atoms with Crippen LogP contribution in [0.5, 0.6) is 0 Å². The topological polar surface area (TPSA) is 63.2 Å². The van der Waals surface area contributed by atoms with Crippen LogP contribution in [0, 0.1) is 0 Å². The van der Waals surface area contributed by atoms with E-state index < -0.39 is 0 Å². The second-order valence-electron chi connectivity index (χ2n) is 5.49. The minimum atomic E-state index is -0.118. The van der Waals surface area contributed by atoms with Gasteiger partial charge >= 0.3 is 0 Å². The first-order chi connectivity index (χ1) is 12.7. The van der Waals surface area contributed by atoms with Crippen LogP contribution in [0.2, 0.25) is 5.02 Å². The van der Waals surface area contributed by atoms with Gasteiger partial charge in [0.1, 0.15) is 0 Å². The standard InChI is InChI=1S/C19H18ClN3O2S/c1-25-11-10-21-18(24)14-4-8-16(9-5-14)23-19-22-12-17(26-19)13-2-6-15(20)7-3-13/h2-9,12H,10-11H2,1H3,(H,21,24)(H,22,23). The average molecular weight is 388 g/mol. The zero-order valence-electron chi connectivity index (χ0n) is 14.2. The Hall–Kier alpha value is -2.41. The number of rotatable bonds is 7. The van der Waals surface area contributed by atoms with Crippen molar-refractivity contribution in [2.45, 2.75) is 0 Å². The lowest BCUT2D eigenvalue weighted by Gasteiger charge is -2.06. The van der Waals surface area contributed by atoms with Gasteiger partial charge in [0.05, 0.1) is 11.5 Å². The molecule has 0 saturated carbocycles. The molecule has 0 aliphatic heterocycles. The molecule has 0 atom stereocenters. The lowest BCUT2D eigenvalue weighted by Crippen LogP contribution is -2.26. The van der Waals surface area contributed by atoms with E-state index in [-0.39, 0.29) is 5.91 Å². The van der Waals surface area contributed by atoms with Crippen molar-refractivity contribution in [3.63, 3.8) is 0 Å². The molecular formula is C19H18ClN3O2S. The molecule has 0 unspecified atom stereocenters. The maximum atomic E-state index is 12.0. The molecule has 0 saturated heterocycles. The van der Waals surface area contributed by atoms with E-state index in [9.17, 15) is 4.79 Å². The fourth-order valence-electron chi connectivity index (χ4n) is 2.28. The summed E-state index contributed by atoms with van der Waals surface area (Å²) in [7, 11) is 1.60. The lowest BCUT2D eigenvalue weighted by atomic mass is 10.2. The van der Waals surface area contributed by atoms with Crippen LogP contribution in [-0.4, -0.2) is 31.2 Å². The summed E-state index contributed by atoms with van der Waals surface area (Å²) in [6.45, 7) is 0.979. The molecule has 1 heterocycles. The molecule has 0 spiro atoms. The van der Waals surface area contributed by atoms with Crippen LogP contribution in [0.25, 0.3) is 10.4 Å². The van der Waals surface area contributed by atoms with Crippen molar-refractivity contribution >= 4 is 39.7 Å². The highest BCUT2D eigenvalue weighted by Gasteiger charge is 2.07. The molecule has 26 heavy (non-hydrogen) atoms.